The van der Waals surface area contributed by atoms with Gasteiger partial charge in [0.2, 0.25) is 5.82 Å². The Bertz CT molecular complexity index is 785. The average molecular weight is 346 g/mol. The van der Waals surface area contributed by atoms with Gasteiger partial charge in [-0.15, -0.1) is 0 Å². The van der Waals surface area contributed by atoms with Gasteiger partial charge in [-0.2, -0.15) is 4.39 Å². The Kier molecular flexibility index (Phi) is 5.54. The Balaban J connectivity index is 2.55. The molecule has 7 heteroatoms. The molecule has 0 heterocycles. The Morgan fingerprint density at radius 2 is 1.50 bits per heavy atom. The van der Waals surface area contributed by atoms with E-state index in [0.717, 1.165) is 24.3 Å². The molecule has 0 spiro atoms. The van der Waals surface area contributed by atoms with E-state index < -0.39 is 52.5 Å². The first-order chi connectivity index (χ1) is 11.4. The highest BCUT2D eigenvalue weighted by Crippen LogP contribution is 2.33. The molecule has 0 amide bonds. The van der Waals surface area contributed by atoms with Crippen LogP contribution in [0.25, 0.3) is 17.2 Å². The van der Waals surface area contributed by atoms with Crippen molar-refractivity contribution in [2.24, 2.45) is 0 Å². The summed E-state index contributed by atoms with van der Waals surface area (Å²) >= 11 is 0. The largest absolute Gasteiger partial charge is 0.491 e. The van der Waals surface area contributed by atoms with Crippen molar-refractivity contribution in [3.05, 3.63) is 58.9 Å². The molecule has 24 heavy (non-hydrogen) atoms. The van der Waals surface area contributed by atoms with Crippen LogP contribution in [0.2, 0.25) is 0 Å². The Labute approximate surface area is 134 Å². The second kappa shape index (κ2) is 7.42. The third kappa shape index (κ3) is 3.39. The number of halogens is 6. The highest BCUT2D eigenvalue weighted by molar-refractivity contribution is 5.68. The summed E-state index contributed by atoms with van der Waals surface area (Å²) in [6, 6.07) is 4.02. The van der Waals surface area contributed by atoms with Crippen molar-refractivity contribution in [3.8, 4) is 16.9 Å². The lowest BCUT2D eigenvalue weighted by Crippen LogP contribution is -2.00. The number of ether oxygens (including phenoxy) is 1. The zero-order chi connectivity index (χ0) is 17.9. The van der Waals surface area contributed by atoms with Crippen LogP contribution in [0, 0.1) is 23.3 Å². The monoisotopic (exact) mass is 346 g/mol. The number of benzene rings is 2. The third-order valence-electron chi connectivity index (χ3n) is 3.19. The van der Waals surface area contributed by atoms with Crippen LogP contribution in [-0.2, 0) is 0 Å². The lowest BCUT2D eigenvalue weighted by molar-refractivity contribution is 0.314. The molecule has 0 aliphatic heterocycles. The summed E-state index contributed by atoms with van der Waals surface area (Å²) in [4.78, 5) is 0. The summed E-state index contributed by atoms with van der Waals surface area (Å²) in [7, 11) is 0. The quantitative estimate of drug-likeness (QED) is 0.642. The van der Waals surface area contributed by atoms with Crippen LogP contribution in [0.5, 0.6) is 5.75 Å². The molecule has 128 valence electrons. The first-order valence-corrected chi connectivity index (χ1v) is 6.91. The Morgan fingerprint density at radius 1 is 0.917 bits per heavy atom. The van der Waals surface area contributed by atoms with Crippen molar-refractivity contribution in [2.45, 2.75) is 6.92 Å². The maximum Gasteiger partial charge on any atom is 0.201 e. The molecule has 0 bridgehead atoms. The summed E-state index contributed by atoms with van der Waals surface area (Å²) in [5, 5.41) is 0. The van der Waals surface area contributed by atoms with Gasteiger partial charge in [0.1, 0.15) is 12.5 Å². The Hall–Kier alpha value is -2.44. The van der Waals surface area contributed by atoms with Crippen LogP contribution >= 0.6 is 0 Å². The molecule has 0 aliphatic rings. The lowest BCUT2D eigenvalue weighted by Gasteiger charge is -2.11. The van der Waals surface area contributed by atoms with Crippen LogP contribution in [0.15, 0.2) is 30.1 Å². The van der Waals surface area contributed by atoms with Gasteiger partial charge in [0, 0.05) is 16.7 Å². The first kappa shape index (κ1) is 17.9. The minimum atomic E-state index is -1.50. The number of hydrogen-bond donors (Lipinski definition) is 0. The average Bonchev–Trinajstić information content (AvgIpc) is 2.57. The van der Waals surface area contributed by atoms with Crippen molar-refractivity contribution in [2.75, 3.05) is 13.3 Å². The SMILES string of the molecule is CCOc1ccc(-c2ccc(C=C(F)CF)c(F)c2F)c(F)c1F. The molecule has 0 saturated heterocycles. The molecule has 0 saturated carbocycles. The van der Waals surface area contributed by atoms with Gasteiger partial charge in [-0.25, -0.2) is 22.0 Å². The maximum absolute atomic E-state index is 14.1. The molecule has 0 aliphatic carbocycles. The summed E-state index contributed by atoms with van der Waals surface area (Å²) in [6.07, 6.45) is 0.483. The van der Waals surface area contributed by atoms with Gasteiger partial charge >= 0.3 is 0 Å². The van der Waals surface area contributed by atoms with Gasteiger partial charge in [0.15, 0.2) is 23.2 Å². The molecule has 0 aromatic heterocycles. The van der Waals surface area contributed by atoms with Crippen LogP contribution in [-0.4, -0.2) is 13.3 Å². The lowest BCUT2D eigenvalue weighted by atomic mass is 10.0. The highest BCUT2D eigenvalue weighted by Gasteiger charge is 2.21. The van der Waals surface area contributed by atoms with Crippen LogP contribution < -0.4 is 4.74 Å². The van der Waals surface area contributed by atoms with Gasteiger partial charge in [-0.05, 0) is 25.1 Å². The molecule has 2 aromatic carbocycles. The molecule has 1 nitrogen and oxygen atoms in total. The zero-order valence-corrected chi connectivity index (χ0v) is 12.5. The summed E-state index contributed by atoms with van der Waals surface area (Å²) in [5.41, 5.74) is -1.61. The van der Waals surface area contributed by atoms with E-state index in [1.54, 1.807) is 6.92 Å². The predicted octanol–water partition coefficient (Wildman–Crippen LogP) is 5.59. The van der Waals surface area contributed by atoms with Crippen molar-refractivity contribution in [3.63, 3.8) is 0 Å². The molecule has 0 unspecified atom stereocenters. The van der Waals surface area contributed by atoms with Crippen LogP contribution in [0.4, 0.5) is 26.3 Å². The topological polar surface area (TPSA) is 9.23 Å². The molecule has 0 N–H and O–H groups in total. The Morgan fingerprint density at radius 3 is 2.08 bits per heavy atom. The smallest absolute Gasteiger partial charge is 0.201 e. The molecule has 0 atom stereocenters. The van der Waals surface area contributed by atoms with E-state index in [2.05, 4.69) is 0 Å². The highest BCUT2D eigenvalue weighted by atomic mass is 19.2. The fraction of sp³-hybridized carbons (Fsp3) is 0.176. The summed E-state index contributed by atoms with van der Waals surface area (Å²) in [6.45, 7) is 0.199. The van der Waals surface area contributed by atoms with E-state index >= 15 is 0 Å². The molecular weight excluding hydrogens is 334 g/mol. The number of allylic oxidation sites excluding steroid dienone is 1. The molecular formula is C17H12F6O. The first-order valence-electron chi connectivity index (χ1n) is 6.91. The van der Waals surface area contributed by atoms with Crippen molar-refractivity contribution in [1.29, 1.82) is 0 Å². The molecule has 2 rings (SSSR count). The van der Waals surface area contributed by atoms with Crippen LogP contribution in [0.1, 0.15) is 12.5 Å². The number of hydrogen-bond acceptors (Lipinski definition) is 1. The fourth-order valence-electron chi connectivity index (χ4n) is 2.10. The fourth-order valence-corrected chi connectivity index (χ4v) is 2.10. The number of alkyl halides is 1. The second-order valence-corrected chi connectivity index (χ2v) is 4.73. The summed E-state index contributed by atoms with van der Waals surface area (Å²) in [5.74, 6) is -7.38. The molecule has 0 fully saturated rings. The predicted molar refractivity (Wildman–Crippen MR) is 77.9 cm³/mol. The third-order valence-corrected chi connectivity index (χ3v) is 3.19. The van der Waals surface area contributed by atoms with Gasteiger partial charge in [0.05, 0.1) is 6.61 Å². The number of rotatable bonds is 5. The minimum absolute atomic E-state index is 0.0971. The van der Waals surface area contributed by atoms with E-state index in [-0.39, 0.29) is 12.4 Å². The van der Waals surface area contributed by atoms with E-state index in [1.807, 2.05) is 0 Å². The standard InChI is InChI=1S/C17H12F6O/c1-2-24-13-6-5-12(16(22)17(13)23)11-4-3-9(7-10(19)8-18)14(20)15(11)21/h3-7H,2,8H2,1H3. The van der Waals surface area contributed by atoms with Gasteiger partial charge < -0.3 is 4.74 Å². The van der Waals surface area contributed by atoms with Crippen molar-refractivity contribution < 1.29 is 31.1 Å². The van der Waals surface area contributed by atoms with Crippen LogP contribution in [0.3, 0.4) is 0 Å². The molecule has 0 radical (unpaired) electrons. The van der Waals surface area contributed by atoms with E-state index in [1.165, 1.54) is 0 Å². The summed E-state index contributed by atoms with van der Waals surface area (Å²) < 4.78 is 85.8. The minimum Gasteiger partial charge on any atom is -0.491 e. The normalized spacial score (nSPS) is 11.7. The van der Waals surface area contributed by atoms with E-state index in [9.17, 15) is 26.3 Å². The molecule has 2 aromatic rings. The van der Waals surface area contributed by atoms with Gasteiger partial charge in [0.25, 0.3) is 0 Å². The van der Waals surface area contributed by atoms with Crippen molar-refractivity contribution >= 4 is 6.08 Å². The van der Waals surface area contributed by atoms with Gasteiger partial charge in [-0.3, -0.25) is 0 Å². The zero-order valence-electron chi connectivity index (χ0n) is 12.5. The van der Waals surface area contributed by atoms with E-state index in [0.29, 0.717) is 6.08 Å². The van der Waals surface area contributed by atoms with Gasteiger partial charge in [-0.1, -0.05) is 12.1 Å². The van der Waals surface area contributed by atoms with E-state index in [4.69, 9.17) is 4.74 Å². The van der Waals surface area contributed by atoms with Crippen molar-refractivity contribution in [1.82, 2.24) is 0 Å². The maximum atomic E-state index is 14.1. The second-order valence-electron chi connectivity index (χ2n) is 4.73.